The van der Waals surface area contributed by atoms with Crippen molar-refractivity contribution in [1.82, 2.24) is 0 Å². The minimum atomic E-state index is -4.86. The van der Waals surface area contributed by atoms with Crippen LogP contribution in [0.3, 0.4) is 0 Å². The molecule has 0 aromatic heterocycles. The number of alkyl halides is 3. The maximum atomic E-state index is 12.1. The molecule has 8 heteroatoms. The number of halogens is 4. The zero-order chi connectivity index (χ0) is 14.5. The average Bonchev–Trinajstić information content (AvgIpc) is 2.29. The molecule has 4 nitrogen and oxygen atoms in total. The fraction of sp³-hybridized carbons (Fsp3) is 0.364. The van der Waals surface area contributed by atoms with E-state index in [1.54, 1.807) is 6.92 Å². The van der Waals surface area contributed by atoms with Crippen LogP contribution in [-0.2, 0) is 9.53 Å². The fourth-order valence-corrected chi connectivity index (χ4v) is 1.28. The molecule has 1 rings (SSSR count). The molecule has 0 aliphatic rings. The monoisotopic (exact) mass is 298 g/mol. The topological polar surface area (TPSA) is 44.8 Å². The van der Waals surface area contributed by atoms with Gasteiger partial charge in [0.1, 0.15) is 5.75 Å². The van der Waals surface area contributed by atoms with Gasteiger partial charge >= 0.3 is 12.3 Å². The summed E-state index contributed by atoms with van der Waals surface area (Å²) in [6, 6.07) is 3.42. The van der Waals surface area contributed by atoms with Crippen molar-refractivity contribution < 1.29 is 32.2 Å². The van der Waals surface area contributed by atoms with E-state index in [1.807, 2.05) is 0 Å². The largest absolute Gasteiger partial charge is 0.573 e. The highest BCUT2D eigenvalue weighted by Crippen LogP contribution is 2.33. The number of ether oxygens (including phenoxy) is 3. The summed E-state index contributed by atoms with van der Waals surface area (Å²) in [5.74, 6) is -1.22. The minimum Gasteiger partial charge on any atom is -0.482 e. The Bertz CT molecular complexity index is 448. The van der Waals surface area contributed by atoms with Gasteiger partial charge in [-0.2, -0.15) is 0 Å². The Morgan fingerprint density at radius 2 is 2.05 bits per heavy atom. The maximum Gasteiger partial charge on any atom is 0.573 e. The van der Waals surface area contributed by atoms with Crippen molar-refractivity contribution in [3.8, 4) is 11.5 Å². The highest BCUT2D eigenvalue weighted by molar-refractivity contribution is 6.32. The lowest BCUT2D eigenvalue weighted by Crippen LogP contribution is -2.18. The van der Waals surface area contributed by atoms with Gasteiger partial charge in [-0.05, 0) is 19.1 Å². The van der Waals surface area contributed by atoms with Gasteiger partial charge in [0.2, 0.25) is 0 Å². The summed E-state index contributed by atoms with van der Waals surface area (Å²) in [7, 11) is 0. The zero-order valence-corrected chi connectivity index (χ0v) is 10.5. The second-order valence-corrected chi connectivity index (χ2v) is 3.64. The van der Waals surface area contributed by atoms with E-state index in [0.29, 0.717) is 0 Å². The van der Waals surface area contributed by atoms with Crippen molar-refractivity contribution in [2.75, 3.05) is 13.2 Å². The smallest absolute Gasteiger partial charge is 0.482 e. The first-order chi connectivity index (χ1) is 8.81. The number of carbonyl (C=O) groups is 1. The molecule has 0 fully saturated rings. The van der Waals surface area contributed by atoms with Crippen LogP contribution in [0, 0.1) is 0 Å². The highest BCUT2D eigenvalue weighted by Gasteiger charge is 2.32. The summed E-state index contributed by atoms with van der Waals surface area (Å²) in [4.78, 5) is 11.0. The van der Waals surface area contributed by atoms with Crippen LogP contribution in [0.1, 0.15) is 6.92 Å². The van der Waals surface area contributed by atoms with Crippen molar-refractivity contribution in [2.45, 2.75) is 13.3 Å². The molecule has 0 N–H and O–H groups in total. The molecule has 0 amide bonds. The summed E-state index contributed by atoms with van der Waals surface area (Å²) >= 11 is 5.54. The van der Waals surface area contributed by atoms with Gasteiger partial charge in [-0.25, -0.2) is 4.79 Å². The van der Waals surface area contributed by atoms with Crippen molar-refractivity contribution in [3.63, 3.8) is 0 Å². The molecule has 0 heterocycles. The number of carbonyl (C=O) groups excluding carboxylic acids is 1. The molecule has 0 spiro atoms. The number of rotatable bonds is 5. The molecule has 0 unspecified atom stereocenters. The van der Waals surface area contributed by atoms with Gasteiger partial charge in [0.05, 0.1) is 11.6 Å². The van der Waals surface area contributed by atoms with Crippen molar-refractivity contribution in [3.05, 3.63) is 23.2 Å². The van der Waals surface area contributed by atoms with Gasteiger partial charge < -0.3 is 14.2 Å². The highest BCUT2D eigenvalue weighted by atomic mass is 35.5. The first kappa shape index (κ1) is 15.4. The summed E-state index contributed by atoms with van der Waals surface area (Å²) in [5, 5.41) is -0.221. The Morgan fingerprint density at radius 1 is 1.37 bits per heavy atom. The fourth-order valence-electron chi connectivity index (χ4n) is 1.12. The van der Waals surface area contributed by atoms with E-state index in [1.165, 1.54) is 12.1 Å². The maximum absolute atomic E-state index is 12.1. The standard InChI is InChI=1S/C11H10ClF3O4/c1-2-17-10(16)6-18-7-3-4-8(12)9(5-7)19-11(13,14)15/h3-5H,2,6H2,1H3. The summed E-state index contributed by atoms with van der Waals surface area (Å²) < 4.78 is 49.5. The number of hydrogen-bond acceptors (Lipinski definition) is 4. The van der Waals surface area contributed by atoms with Gasteiger partial charge in [-0.1, -0.05) is 11.6 Å². The van der Waals surface area contributed by atoms with Crippen LogP contribution in [-0.4, -0.2) is 25.5 Å². The lowest BCUT2D eigenvalue weighted by molar-refractivity contribution is -0.274. The van der Waals surface area contributed by atoms with E-state index in [4.69, 9.17) is 16.3 Å². The van der Waals surface area contributed by atoms with Crippen LogP contribution < -0.4 is 9.47 Å². The second-order valence-electron chi connectivity index (χ2n) is 3.23. The molecule has 1 aromatic rings. The van der Waals surface area contributed by atoms with Crippen LogP contribution in [0.5, 0.6) is 11.5 Å². The third kappa shape index (κ3) is 5.69. The first-order valence-corrected chi connectivity index (χ1v) is 5.53. The van der Waals surface area contributed by atoms with E-state index >= 15 is 0 Å². The summed E-state index contributed by atoms with van der Waals surface area (Å²) in [6.07, 6.45) is -4.86. The Kier molecular flexibility index (Phi) is 5.29. The molecular formula is C11H10ClF3O4. The summed E-state index contributed by atoms with van der Waals surface area (Å²) in [5.41, 5.74) is 0. The Morgan fingerprint density at radius 3 is 2.63 bits per heavy atom. The van der Waals surface area contributed by atoms with E-state index in [-0.39, 0.29) is 17.4 Å². The van der Waals surface area contributed by atoms with Crippen LogP contribution in [0.4, 0.5) is 13.2 Å². The molecular weight excluding hydrogens is 289 g/mol. The van der Waals surface area contributed by atoms with Gasteiger partial charge in [0.25, 0.3) is 0 Å². The molecule has 0 aliphatic carbocycles. The summed E-state index contributed by atoms with van der Waals surface area (Å²) in [6.45, 7) is 1.39. The third-order valence-corrected chi connectivity index (χ3v) is 2.10. The molecule has 0 saturated heterocycles. The normalized spacial score (nSPS) is 11.0. The van der Waals surface area contributed by atoms with Gasteiger partial charge in [-0.15, -0.1) is 13.2 Å². The van der Waals surface area contributed by atoms with Crippen LogP contribution in [0.25, 0.3) is 0 Å². The third-order valence-electron chi connectivity index (χ3n) is 1.79. The average molecular weight is 299 g/mol. The quantitative estimate of drug-likeness (QED) is 0.783. The Labute approximate surface area is 112 Å². The predicted molar refractivity (Wildman–Crippen MR) is 60.3 cm³/mol. The number of esters is 1. The molecule has 1 aromatic carbocycles. The van der Waals surface area contributed by atoms with Crippen molar-refractivity contribution in [2.24, 2.45) is 0 Å². The van der Waals surface area contributed by atoms with Crippen LogP contribution in [0.15, 0.2) is 18.2 Å². The van der Waals surface area contributed by atoms with Crippen LogP contribution >= 0.6 is 11.6 Å². The van der Waals surface area contributed by atoms with E-state index in [0.717, 1.165) is 6.07 Å². The molecule has 0 saturated carbocycles. The lowest BCUT2D eigenvalue weighted by Gasteiger charge is -2.12. The molecule has 0 bridgehead atoms. The predicted octanol–water partition coefficient (Wildman–Crippen LogP) is 3.18. The van der Waals surface area contributed by atoms with E-state index < -0.39 is 24.7 Å². The molecule has 19 heavy (non-hydrogen) atoms. The Balaban J connectivity index is 2.71. The van der Waals surface area contributed by atoms with Gasteiger partial charge in [0.15, 0.2) is 12.4 Å². The lowest BCUT2D eigenvalue weighted by atomic mass is 10.3. The van der Waals surface area contributed by atoms with Gasteiger partial charge in [0, 0.05) is 6.07 Å². The number of benzene rings is 1. The van der Waals surface area contributed by atoms with Crippen molar-refractivity contribution >= 4 is 17.6 Å². The molecule has 0 radical (unpaired) electrons. The minimum absolute atomic E-state index is 0.0108. The molecule has 0 aliphatic heterocycles. The van der Waals surface area contributed by atoms with Crippen molar-refractivity contribution in [1.29, 1.82) is 0 Å². The molecule has 106 valence electrons. The van der Waals surface area contributed by atoms with E-state index in [2.05, 4.69) is 9.47 Å². The van der Waals surface area contributed by atoms with Crippen LogP contribution in [0.2, 0.25) is 5.02 Å². The zero-order valence-electron chi connectivity index (χ0n) is 9.79. The van der Waals surface area contributed by atoms with E-state index in [9.17, 15) is 18.0 Å². The first-order valence-electron chi connectivity index (χ1n) is 5.15. The van der Waals surface area contributed by atoms with Gasteiger partial charge in [-0.3, -0.25) is 0 Å². The number of hydrogen-bond donors (Lipinski definition) is 0. The Hall–Kier alpha value is -1.63. The molecule has 0 atom stereocenters. The SMILES string of the molecule is CCOC(=O)COc1ccc(Cl)c(OC(F)(F)F)c1. The second kappa shape index (κ2) is 6.51.